The highest BCUT2D eigenvalue weighted by molar-refractivity contribution is 7.92. The van der Waals surface area contributed by atoms with Crippen LogP contribution in [0.4, 0.5) is 5.13 Å². The summed E-state index contributed by atoms with van der Waals surface area (Å²) in [6.45, 7) is 4.80. The molecular formula is C20H25N3O3S2. The molecule has 2 aromatic rings. The number of thiazole rings is 1. The summed E-state index contributed by atoms with van der Waals surface area (Å²) in [5.74, 6) is 0.0387. The zero-order valence-corrected chi connectivity index (χ0v) is 17.7. The molecule has 1 saturated heterocycles. The monoisotopic (exact) mass is 419 g/mol. The number of piperidine rings is 1. The first-order valence-corrected chi connectivity index (χ1v) is 11.7. The molecule has 0 radical (unpaired) electrons. The van der Waals surface area contributed by atoms with Crippen LogP contribution in [0.2, 0.25) is 0 Å². The van der Waals surface area contributed by atoms with Crippen molar-refractivity contribution >= 4 is 38.5 Å². The van der Waals surface area contributed by atoms with E-state index in [4.69, 9.17) is 0 Å². The van der Waals surface area contributed by atoms with Gasteiger partial charge in [0.15, 0.2) is 5.13 Å². The summed E-state index contributed by atoms with van der Waals surface area (Å²) < 4.78 is 26.5. The van der Waals surface area contributed by atoms with Gasteiger partial charge < -0.3 is 5.32 Å². The number of nitrogens with zero attached hydrogens (tertiary/aromatic N) is 2. The Bertz CT molecular complexity index is 929. The zero-order valence-electron chi connectivity index (χ0n) is 16.0. The van der Waals surface area contributed by atoms with Crippen LogP contribution in [0.1, 0.15) is 43.9 Å². The van der Waals surface area contributed by atoms with Crippen LogP contribution in [-0.4, -0.2) is 36.7 Å². The van der Waals surface area contributed by atoms with Crippen LogP contribution in [-0.2, 0) is 14.8 Å². The van der Waals surface area contributed by atoms with Gasteiger partial charge in [0.2, 0.25) is 15.9 Å². The van der Waals surface area contributed by atoms with Gasteiger partial charge in [0.1, 0.15) is 0 Å². The summed E-state index contributed by atoms with van der Waals surface area (Å²) in [6, 6.07) is 9.32. The van der Waals surface area contributed by atoms with Crippen molar-refractivity contribution in [2.45, 2.75) is 32.6 Å². The van der Waals surface area contributed by atoms with Crippen molar-refractivity contribution in [1.82, 2.24) is 9.29 Å². The predicted octanol–water partition coefficient (Wildman–Crippen LogP) is 3.92. The molecule has 1 aliphatic rings. The SMILES string of the molecule is CC(C)c1csc(NC(=O)C2CCN(S(=O)(=O)/C=C/c3ccccc3)CC2)n1. The van der Waals surface area contributed by atoms with Crippen LogP contribution in [0.5, 0.6) is 0 Å². The number of benzene rings is 1. The van der Waals surface area contributed by atoms with Crippen LogP contribution in [0, 0.1) is 5.92 Å². The van der Waals surface area contributed by atoms with E-state index in [9.17, 15) is 13.2 Å². The van der Waals surface area contributed by atoms with Gasteiger partial charge in [-0.3, -0.25) is 4.79 Å². The fourth-order valence-corrected chi connectivity index (χ4v) is 5.10. The molecule has 150 valence electrons. The molecule has 1 amide bonds. The minimum atomic E-state index is -3.48. The largest absolute Gasteiger partial charge is 0.302 e. The second kappa shape index (κ2) is 8.98. The molecule has 1 N–H and O–H groups in total. The molecule has 1 aromatic carbocycles. The van der Waals surface area contributed by atoms with Crippen molar-refractivity contribution in [3.8, 4) is 0 Å². The Morgan fingerprint density at radius 3 is 2.54 bits per heavy atom. The van der Waals surface area contributed by atoms with E-state index in [1.807, 2.05) is 35.7 Å². The third-order valence-corrected chi connectivity index (χ3v) is 7.10. The molecular weight excluding hydrogens is 394 g/mol. The van der Waals surface area contributed by atoms with Gasteiger partial charge in [-0.15, -0.1) is 11.3 Å². The van der Waals surface area contributed by atoms with Crippen molar-refractivity contribution in [1.29, 1.82) is 0 Å². The fourth-order valence-electron chi connectivity index (χ4n) is 3.00. The Morgan fingerprint density at radius 2 is 1.93 bits per heavy atom. The summed E-state index contributed by atoms with van der Waals surface area (Å²) in [7, 11) is -3.48. The Kier molecular flexibility index (Phi) is 6.64. The van der Waals surface area contributed by atoms with E-state index < -0.39 is 10.0 Å². The van der Waals surface area contributed by atoms with E-state index in [0.29, 0.717) is 37.0 Å². The summed E-state index contributed by atoms with van der Waals surface area (Å²) >= 11 is 1.42. The lowest BCUT2D eigenvalue weighted by Crippen LogP contribution is -2.40. The number of aromatic nitrogens is 1. The van der Waals surface area contributed by atoms with Gasteiger partial charge in [0.05, 0.1) is 5.69 Å². The van der Waals surface area contributed by atoms with Crippen LogP contribution >= 0.6 is 11.3 Å². The Balaban J connectivity index is 1.54. The van der Waals surface area contributed by atoms with Crippen LogP contribution < -0.4 is 5.32 Å². The van der Waals surface area contributed by atoms with Crippen LogP contribution in [0.25, 0.3) is 6.08 Å². The van der Waals surface area contributed by atoms with Crippen molar-refractivity contribution < 1.29 is 13.2 Å². The molecule has 1 aliphatic heterocycles. The molecule has 1 aromatic heterocycles. The Hall–Kier alpha value is -2.03. The highest BCUT2D eigenvalue weighted by Crippen LogP contribution is 2.25. The van der Waals surface area contributed by atoms with Crippen molar-refractivity contribution in [3.05, 3.63) is 52.4 Å². The maximum absolute atomic E-state index is 12.5. The molecule has 0 bridgehead atoms. The van der Waals surface area contributed by atoms with Gasteiger partial charge in [-0.2, -0.15) is 4.31 Å². The molecule has 8 heteroatoms. The first-order valence-electron chi connectivity index (χ1n) is 9.35. The third-order valence-electron chi connectivity index (χ3n) is 4.76. The van der Waals surface area contributed by atoms with Gasteiger partial charge in [-0.1, -0.05) is 44.2 Å². The first-order chi connectivity index (χ1) is 13.3. The summed E-state index contributed by atoms with van der Waals surface area (Å²) in [6.07, 6.45) is 2.61. The lowest BCUT2D eigenvalue weighted by atomic mass is 9.97. The van der Waals surface area contributed by atoms with Crippen LogP contribution in [0.3, 0.4) is 0 Å². The van der Waals surface area contributed by atoms with E-state index in [-0.39, 0.29) is 11.8 Å². The smallest absolute Gasteiger partial charge is 0.236 e. The lowest BCUT2D eigenvalue weighted by molar-refractivity contribution is -0.120. The average Bonchev–Trinajstić information content (AvgIpc) is 3.16. The normalized spacial score (nSPS) is 16.7. The topological polar surface area (TPSA) is 79.4 Å². The molecule has 1 fully saturated rings. The second-order valence-electron chi connectivity index (χ2n) is 7.15. The maximum atomic E-state index is 12.5. The van der Waals surface area contributed by atoms with E-state index in [2.05, 4.69) is 24.1 Å². The highest BCUT2D eigenvalue weighted by atomic mass is 32.2. The molecule has 0 atom stereocenters. The second-order valence-corrected chi connectivity index (χ2v) is 9.83. The third kappa shape index (κ3) is 5.27. The molecule has 28 heavy (non-hydrogen) atoms. The van der Waals surface area contributed by atoms with E-state index in [1.54, 1.807) is 6.08 Å². The number of rotatable bonds is 6. The summed E-state index contributed by atoms with van der Waals surface area (Å²) in [4.78, 5) is 16.9. The minimum absolute atomic E-state index is 0.0819. The minimum Gasteiger partial charge on any atom is -0.302 e. The Labute approximate surface area is 170 Å². The molecule has 3 rings (SSSR count). The van der Waals surface area contributed by atoms with Crippen molar-refractivity contribution in [2.24, 2.45) is 5.92 Å². The molecule has 0 aliphatic carbocycles. The fraction of sp³-hybridized carbons (Fsp3) is 0.400. The molecule has 0 unspecified atom stereocenters. The predicted molar refractivity (Wildman–Crippen MR) is 114 cm³/mol. The molecule has 6 nitrogen and oxygen atoms in total. The van der Waals surface area contributed by atoms with Gasteiger partial charge in [0.25, 0.3) is 0 Å². The van der Waals surface area contributed by atoms with Gasteiger partial charge in [-0.25, -0.2) is 13.4 Å². The number of hydrogen-bond acceptors (Lipinski definition) is 5. The van der Waals surface area contributed by atoms with E-state index in [1.165, 1.54) is 21.1 Å². The zero-order chi connectivity index (χ0) is 20.1. The first kappa shape index (κ1) is 20.7. The lowest BCUT2D eigenvalue weighted by Gasteiger charge is -2.29. The summed E-state index contributed by atoms with van der Waals surface area (Å²) in [5, 5.41) is 6.67. The van der Waals surface area contributed by atoms with Gasteiger partial charge in [0, 0.05) is 29.8 Å². The number of sulfonamides is 1. The number of hydrogen-bond donors (Lipinski definition) is 1. The average molecular weight is 420 g/mol. The van der Waals surface area contributed by atoms with E-state index >= 15 is 0 Å². The number of carbonyl (C=O) groups excluding carboxylic acids is 1. The number of amides is 1. The standard InChI is InChI=1S/C20H25N3O3S2/c1-15(2)18-14-27-20(21-18)22-19(24)17-8-11-23(12-9-17)28(25,26)13-10-16-6-4-3-5-7-16/h3-7,10,13-15,17H,8-9,11-12H2,1-2H3,(H,21,22,24)/b13-10+. The maximum Gasteiger partial charge on any atom is 0.236 e. The van der Waals surface area contributed by atoms with Crippen molar-refractivity contribution in [2.75, 3.05) is 18.4 Å². The summed E-state index contributed by atoms with van der Waals surface area (Å²) in [5.41, 5.74) is 1.80. The van der Waals surface area contributed by atoms with E-state index in [0.717, 1.165) is 11.3 Å². The number of anilines is 1. The quantitative estimate of drug-likeness (QED) is 0.770. The van der Waals surface area contributed by atoms with Crippen molar-refractivity contribution in [3.63, 3.8) is 0 Å². The van der Waals surface area contributed by atoms with Gasteiger partial charge in [-0.05, 0) is 30.4 Å². The number of nitrogens with one attached hydrogen (secondary N) is 1. The van der Waals surface area contributed by atoms with Gasteiger partial charge >= 0.3 is 0 Å². The number of carbonyl (C=O) groups is 1. The molecule has 0 saturated carbocycles. The molecule has 2 heterocycles. The Morgan fingerprint density at radius 1 is 1.25 bits per heavy atom. The van der Waals surface area contributed by atoms with Crippen LogP contribution in [0.15, 0.2) is 41.1 Å². The molecule has 0 spiro atoms. The highest BCUT2D eigenvalue weighted by Gasteiger charge is 2.30.